The first kappa shape index (κ1) is 16.0. The van der Waals surface area contributed by atoms with Crippen LogP contribution in [-0.4, -0.2) is 24.1 Å². The molecule has 0 amide bonds. The topological polar surface area (TPSA) is 48.0 Å². The average molecular weight is 374 g/mol. The molecule has 5 nitrogen and oxygen atoms in total. The maximum Gasteiger partial charge on any atom is 0.252 e. The molecule has 0 aliphatic rings. The van der Waals surface area contributed by atoms with Gasteiger partial charge in [0.1, 0.15) is 6.33 Å². The van der Waals surface area contributed by atoms with E-state index in [4.69, 9.17) is 11.6 Å². The number of para-hydroxylation sites is 1. The molecule has 0 fully saturated rings. The normalized spacial score (nSPS) is 11.4. The maximum absolute atomic E-state index is 6.06. The molecule has 0 unspecified atom stereocenters. The molecule has 5 rings (SSSR count). The predicted octanol–water partition coefficient (Wildman–Crippen LogP) is 4.53. The van der Waals surface area contributed by atoms with Gasteiger partial charge in [-0.1, -0.05) is 48.5 Å². The van der Waals surface area contributed by atoms with Crippen molar-refractivity contribution in [2.45, 2.75) is 12.4 Å². The van der Waals surface area contributed by atoms with E-state index in [9.17, 15) is 0 Å². The first-order chi connectivity index (χ1) is 13.3. The van der Waals surface area contributed by atoms with Gasteiger partial charge < -0.3 is 4.57 Å². The standard InChI is InChI=1S/C21H16ClN5/c22-11-16-10-20(27-21(25-16)23-14-24-27)18-13-26(12-15-6-2-1-3-7-15)19-9-5-4-8-17(18)19/h1-10,13-14H,11-12H2. The largest absolute Gasteiger partial charge is 0.342 e. The van der Waals surface area contributed by atoms with Crippen LogP contribution in [0.25, 0.3) is 27.9 Å². The van der Waals surface area contributed by atoms with Crippen molar-refractivity contribution < 1.29 is 0 Å². The summed E-state index contributed by atoms with van der Waals surface area (Å²) in [5, 5.41) is 5.53. The van der Waals surface area contributed by atoms with E-state index in [2.05, 4.69) is 74.4 Å². The van der Waals surface area contributed by atoms with E-state index < -0.39 is 0 Å². The van der Waals surface area contributed by atoms with Gasteiger partial charge in [-0.15, -0.1) is 11.6 Å². The molecule has 0 aliphatic heterocycles. The van der Waals surface area contributed by atoms with Crippen molar-refractivity contribution >= 4 is 28.3 Å². The Morgan fingerprint density at radius 1 is 0.963 bits per heavy atom. The molecular formula is C21H16ClN5. The first-order valence-corrected chi connectivity index (χ1v) is 9.25. The Morgan fingerprint density at radius 3 is 2.63 bits per heavy atom. The highest BCUT2D eigenvalue weighted by atomic mass is 35.5. The third kappa shape index (κ3) is 2.76. The number of hydrogen-bond donors (Lipinski definition) is 0. The van der Waals surface area contributed by atoms with Crippen LogP contribution in [0.1, 0.15) is 11.3 Å². The molecule has 0 spiro atoms. The SMILES string of the molecule is ClCc1cc(-c2cn(Cc3ccccc3)c3ccccc23)n2ncnc2n1. The predicted molar refractivity (Wildman–Crippen MR) is 107 cm³/mol. The van der Waals surface area contributed by atoms with Crippen molar-refractivity contribution in [1.82, 2.24) is 24.1 Å². The van der Waals surface area contributed by atoms with Crippen LogP contribution >= 0.6 is 11.6 Å². The van der Waals surface area contributed by atoms with Gasteiger partial charge in [0.25, 0.3) is 5.78 Å². The third-order valence-electron chi connectivity index (χ3n) is 4.70. The number of hydrogen-bond acceptors (Lipinski definition) is 3. The molecule has 132 valence electrons. The summed E-state index contributed by atoms with van der Waals surface area (Å²) in [6.45, 7) is 0.801. The zero-order valence-corrected chi connectivity index (χ0v) is 15.2. The minimum absolute atomic E-state index is 0.332. The molecule has 0 N–H and O–H groups in total. The fraction of sp³-hybridized carbons (Fsp3) is 0.0952. The Balaban J connectivity index is 1.74. The molecule has 6 heteroatoms. The molecule has 0 bridgehead atoms. The van der Waals surface area contributed by atoms with E-state index in [0.29, 0.717) is 11.7 Å². The van der Waals surface area contributed by atoms with Gasteiger partial charge in [-0.2, -0.15) is 14.6 Å². The molecule has 3 aromatic heterocycles. The van der Waals surface area contributed by atoms with E-state index in [1.54, 1.807) is 4.52 Å². The van der Waals surface area contributed by atoms with Crippen LogP contribution in [0.2, 0.25) is 0 Å². The van der Waals surface area contributed by atoms with Crippen LogP contribution in [0.3, 0.4) is 0 Å². The number of alkyl halides is 1. The summed E-state index contributed by atoms with van der Waals surface area (Å²) in [7, 11) is 0. The Bertz CT molecular complexity index is 1240. The van der Waals surface area contributed by atoms with Crippen LogP contribution in [0.4, 0.5) is 0 Å². The molecule has 3 heterocycles. The number of rotatable bonds is 4. The monoisotopic (exact) mass is 373 g/mol. The van der Waals surface area contributed by atoms with Gasteiger partial charge in [-0.3, -0.25) is 0 Å². The van der Waals surface area contributed by atoms with E-state index in [0.717, 1.165) is 28.9 Å². The molecule has 5 aromatic rings. The summed E-state index contributed by atoms with van der Waals surface area (Å²) >= 11 is 6.06. The lowest BCUT2D eigenvalue weighted by molar-refractivity contribution is 0.836. The lowest BCUT2D eigenvalue weighted by Gasteiger charge is -2.05. The fourth-order valence-electron chi connectivity index (χ4n) is 3.48. The lowest BCUT2D eigenvalue weighted by Crippen LogP contribution is -2.00. The Kier molecular flexibility index (Phi) is 3.87. The Labute approximate surface area is 160 Å². The van der Waals surface area contributed by atoms with Crippen molar-refractivity contribution in [3.63, 3.8) is 0 Å². The second-order valence-electron chi connectivity index (χ2n) is 6.41. The summed E-state index contributed by atoms with van der Waals surface area (Å²) in [5.74, 6) is 0.891. The number of nitrogens with zero attached hydrogens (tertiary/aromatic N) is 5. The molecule has 0 radical (unpaired) electrons. The Morgan fingerprint density at radius 2 is 1.78 bits per heavy atom. The molecular weight excluding hydrogens is 358 g/mol. The highest BCUT2D eigenvalue weighted by molar-refractivity contribution is 6.17. The van der Waals surface area contributed by atoms with Crippen LogP contribution in [0.5, 0.6) is 0 Å². The summed E-state index contributed by atoms with van der Waals surface area (Å²) in [4.78, 5) is 8.69. The van der Waals surface area contributed by atoms with Crippen molar-refractivity contribution in [2.75, 3.05) is 0 Å². The molecule has 0 saturated heterocycles. The van der Waals surface area contributed by atoms with E-state index in [-0.39, 0.29) is 0 Å². The minimum Gasteiger partial charge on any atom is -0.342 e. The summed E-state index contributed by atoms with van der Waals surface area (Å²) < 4.78 is 4.04. The molecule has 0 aliphatic carbocycles. The highest BCUT2D eigenvalue weighted by Gasteiger charge is 2.15. The van der Waals surface area contributed by atoms with Crippen LogP contribution < -0.4 is 0 Å². The molecule has 2 aromatic carbocycles. The van der Waals surface area contributed by atoms with Crippen LogP contribution in [-0.2, 0) is 12.4 Å². The van der Waals surface area contributed by atoms with Crippen molar-refractivity contribution in [1.29, 1.82) is 0 Å². The average Bonchev–Trinajstić information content (AvgIpc) is 3.33. The van der Waals surface area contributed by atoms with E-state index >= 15 is 0 Å². The molecule has 27 heavy (non-hydrogen) atoms. The first-order valence-electron chi connectivity index (χ1n) is 8.71. The van der Waals surface area contributed by atoms with Gasteiger partial charge in [0.15, 0.2) is 0 Å². The van der Waals surface area contributed by atoms with Gasteiger partial charge in [-0.05, 0) is 17.7 Å². The number of benzene rings is 2. The maximum atomic E-state index is 6.06. The van der Waals surface area contributed by atoms with Crippen molar-refractivity contribution in [3.05, 3.63) is 84.4 Å². The van der Waals surface area contributed by atoms with Crippen LogP contribution in [0, 0.1) is 0 Å². The molecule has 0 saturated carbocycles. The van der Waals surface area contributed by atoms with Gasteiger partial charge in [0.05, 0.1) is 17.3 Å². The van der Waals surface area contributed by atoms with Gasteiger partial charge in [0.2, 0.25) is 0 Å². The van der Waals surface area contributed by atoms with Gasteiger partial charge in [-0.25, -0.2) is 4.98 Å². The zero-order chi connectivity index (χ0) is 18.2. The van der Waals surface area contributed by atoms with Crippen molar-refractivity contribution in [3.8, 4) is 11.3 Å². The van der Waals surface area contributed by atoms with E-state index in [1.807, 2.05) is 12.1 Å². The molecule has 0 atom stereocenters. The number of fused-ring (bicyclic) bond motifs is 2. The summed E-state index contributed by atoms with van der Waals surface area (Å²) in [6, 6.07) is 20.8. The van der Waals surface area contributed by atoms with Crippen molar-refractivity contribution in [2.24, 2.45) is 0 Å². The second kappa shape index (κ2) is 6.52. The quantitative estimate of drug-likeness (QED) is 0.435. The number of aromatic nitrogens is 5. The third-order valence-corrected chi connectivity index (χ3v) is 4.98. The Hall–Kier alpha value is -3.18. The summed E-state index contributed by atoms with van der Waals surface area (Å²) in [6.07, 6.45) is 3.69. The summed E-state index contributed by atoms with van der Waals surface area (Å²) in [5.41, 5.74) is 5.25. The van der Waals surface area contributed by atoms with Crippen LogP contribution in [0.15, 0.2) is 73.2 Å². The lowest BCUT2D eigenvalue weighted by atomic mass is 10.1. The number of halogens is 1. The fourth-order valence-corrected chi connectivity index (χ4v) is 3.62. The van der Waals surface area contributed by atoms with E-state index in [1.165, 1.54) is 17.4 Å². The smallest absolute Gasteiger partial charge is 0.252 e. The van der Waals surface area contributed by atoms with Gasteiger partial charge >= 0.3 is 0 Å². The highest BCUT2D eigenvalue weighted by Crippen LogP contribution is 2.31. The zero-order valence-electron chi connectivity index (χ0n) is 14.5. The second-order valence-corrected chi connectivity index (χ2v) is 6.68. The van der Waals surface area contributed by atoms with Gasteiger partial charge in [0, 0.05) is 29.2 Å². The minimum atomic E-state index is 0.332.